The summed E-state index contributed by atoms with van der Waals surface area (Å²) in [6, 6.07) is 17.1. The third kappa shape index (κ3) is 3.93. The standard InChI is InChI=1S/C23H16ClN5OS/c1-30-15-8-9-19-17(11-15)22(28-21(26-19)14-5-4-10-25-12-14)29-23-27-20(13-31-23)16-6-2-3-7-18(16)24/h2-13H,1H3,(H,26,27,28,29). The van der Waals surface area contributed by atoms with Crippen molar-refractivity contribution in [2.45, 2.75) is 0 Å². The van der Waals surface area contributed by atoms with Gasteiger partial charge in [0, 0.05) is 39.3 Å². The molecule has 5 rings (SSSR count). The number of rotatable bonds is 5. The third-order valence-electron chi connectivity index (χ3n) is 4.70. The predicted octanol–water partition coefficient (Wildman–Crippen LogP) is 6.22. The lowest BCUT2D eigenvalue weighted by Crippen LogP contribution is -2.00. The van der Waals surface area contributed by atoms with Crippen LogP contribution >= 0.6 is 22.9 Å². The highest BCUT2D eigenvalue weighted by molar-refractivity contribution is 7.14. The minimum atomic E-state index is 0.580. The fourth-order valence-corrected chi connectivity index (χ4v) is 4.12. The Morgan fingerprint density at radius 3 is 2.71 bits per heavy atom. The Morgan fingerprint density at radius 1 is 1.00 bits per heavy atom. The first-order valence-electron chi connectivity index (χ1n) is 9.45. The van der Waals surface area contributed by atoms with Crippen LogP contribution in [0, 0.1) is 0 Å². The highest BCUT2D eigenvalue weighted by atomic mass is 35.5. The Labute approximate surface area is 187 Å². The van der Waals surface area contributed by atoms with Crippen molar-refractivity contribution < 1.29 is 4.74 Å². The number of aromatic nitrogens is 4. The Bertz CT molecular complexity index is 1370. The maximum Gasteiger partial charge on any atom is 0.188 e. The number of hydrogen-bond acceptors (Lipinski definition) is 7. The molecule has 31 heavy (non-hydrogen) atoms. The zero-order chi connectivity index (χ0) is 21.2. The molecular weight excluding hydrogens is 430 g/mol. The minimum absolute atomic E-state index is 0.580. The van der Waals surface area contributed by atoms with Gasteiger partial charge in [0.1, 0.15) is 11.6 Å². The van der Waals surface area contributed by atoms with Gasteiger partial charge in [-0.2, -0.15) is 0 Å². The van der Waals surface area contributed by atoms with E-state index in [4.69, 9.17) is 31.3 Å². The molecule has 5 aromatic rings. The molecule has 0 bridgehead atoms. The van der Waals surface area contributed by atoms with Crippen LogP contribution < -0.4 is 10.1 Å². The monoisotopic (exact) mass is 445 g/mol. The number of benzene rings is 2. The van der Waals surface area contributed by atoms with Crippen molar-refractivity contribution in [1.82, 2.24) is 19.9 Å². The van der Waals surface area contributed by atoms with Gasteiger partial charge in [0.15, 0.2) is 11.0 Å². The van der Waals surface area contributed by atoms with Gasteiger partial charge in [-0.1, -0.05) is 29.8 Å². The quantitative estimate of drug-likeness (QED) is 0.346. The number of ether oxygens (including phenoxy) is 1. The number of fused-ring (bicyclic) bond motifs is 1. The van der Waals surface area contributed by atoms with E-state index in [1.54, 1.807) is 19.5 Å². The van der Waals surface area contributed by atoms with Crippen molar-refractivity contribution in [3.05, 3.63) is 77.4 Å². The molecule has 0 atom stereocenters. The Hall–Kier alpha value is -3.55. The van der Waals surface area contributed by atoms with Gasteiger partial charge in [0.25, 0.3) is 0 Å². The molecule has 152 valence electrons. The SMILES string of the molecule is COc1ccc2nc(-c3cccnc3)nc(Nc3nc(-c4ccccc4Cl)cs3)c2c1. The molecule has 3 aromatic heterocycles. The second-order valence-electron chi connectivity index (χ2n) is 6.66. The molecule has 0 saturated heterocycles. The maximum atomic E-state index is 6.33. The largest absolute Gasteiger partial charge is 0.497 e. The number of nitrogens with one attached hydrogen (secondary N) is 1. The molecule has 0 fully saturated rings. The summed E-state index contributed by atoms with van der Waals surface area (Å²) >= 11 is 7.82. The smallest absolute Gasteiger partial charge is 0.188 e. The van der Waals surface area contributed by atoms with Gasteiger partial charge in [0.05, 0.1) is 18.3 Å². The van der Waals surface area contributed by atoms with Crippen LogP contribution in [0.25, 0.3) is 33.5 Å². The van der Waals surface area contributed by atoms with Gasteiger partial charge in [-0.05, 0) is 36.4 Å². The van der Waals surface area contributed by atoms with Crippen LogP contribution in [0.4, 0.5) is 10.9 Å². The van der Waals surface area contributed by atoms with E-state index < -0.39 is 0 Å². The highest BCUT2D eigenvalue weighted by Crippen LogP contribution is 2.34. The maximum absolute atomic E-state index is 6.33. The molecule has 2 aromatic carbocycles. The summed E-state index contributed by atoms with van der Waals surface area (Å²) in [5, 5.41) is 7.52. The summed E-state index contributed by atoms with van der Waals surface area (Å²) in [6.45, 7) is 0. The first-order valence-corrected chi connectivity index (χ1v) is 10.7. The van der Waals surface area contributed by atoms with Gasteiger partial charge < -0.3 is 10.1 Å². The molecule has 0 radical (unpaired) electrons. The molecule has 0 aliphatic heterocycles. The normalized spacial score (nSPS) is 10.9. The van der Waals surface area contributed by atoms with E-state index in [1.165, 1.54) is 11.3 Å². The lowest BCUT2D eigenvalue weighted by atomic mass is 10.2. The zero-order valence-corrected chi connectivity index (χ0v) is 18.0. The summed E-state index contributed by atoms with van der Waals surface area (Å²) < 4.78 is 5.40. The minimum Gasteiger partial charge on any atom is -0.497 e. The molecule has 8 heteroatoms. The first kappa shape index (κ1) is 19.4. The summed E-state index contributed by atoms with van der Waals surface area (Å²) in [5.74, 6) is 1.95. The van der Waals surface area contributed by atoms with Crippen molar-refractivity contribution in [2.24, 2.45) is 0 Å². The third-order valence-corrected chi connectivity index (χ3v) is 5.79. The molecule has 0 aliphatic rings. The van der Waals surface area contributed by atoms with Crippen LogP contribution in [0.5, 0.6) is 5.75 Å². The second kappa shape index (κ2) is 8.29. The second-order valence-corrected chi connectivity index (χ2v) is 7.93. The average molecular weight is 446 g/mol. The number of nitrogens with zero attached hydrogens (tertiary/aromatic N) is 4. The van der Waals surface area contributed by atoms with Crippen LogP contribution in [0.3, 0.4) is 0 Å². The van der Waals surface area contributed by atoms with E-state index in [9.17, 15) is 0 Å². The van der Waals surface area contributed by atoms with Gasteiger partial charge in [-0.3, -0.25) is 4.98 Å². The van der Waals surface area contributed by atoms with E-state index in [0.717, 1.165) is 33.5 Å². The number of methoxy groups -OCH3 is 1. The van der Waals surface area contributed by atoms with Crippen LogP contribution in [0.15, 0.2) is 72.4 Å². The van der Waals surface area contributed by atoms with Gasteiger partial charge in [-0.15, -0.1) is 11.3 Å². The molecule has 1 N–H and O–H groups in total. The van der Waals surface area contributed by atoms with Crippen LogP contribution in [-0.4, -0.2) is 27.0 Å². The molecular formula is C23H16ClN5OS. The summed E-state index contributed by atoms with van der Waals surface area (Å²) in [4.78, 5) is 18.4. The molecule has 0 amide bonds. The fraction of sp³-hybridized carbons (Fsp3) is 0.0435. The lowest BCUT2D eigenvalue weighted by molar-refractivity contribution is 0.415. The Balaban J connectivity index is 1.59. The van der Waals surface area contributed by atoms with E-state index in [1.807, 2.05) is 60.0 Å². The summed E-state index contributed by atoms with van der Waals surface area (Å²) in [5.41, 5.74) is 3.32. The van der Waals surface area contributed by atoms with Gasteiger partial charge in [-0.25, -0.2) is 15.0 Å². The number of pyridine rings is 1. The van der Waals surface area contributed by atoms with Crippen LogP contribution in [-0.2, 0) is 0 Å². The fourth-order valence-electron chi connectivity index (χ4n) is 3.18. The predicted molar refractivity (Wildman–Crippen MR) is 125 cm³/mol. The van der Waals surface area contributed by atoms with Crippen molar-refractivity contribution >= 4 is 44.8 Å². The molecule has 0 saturated carbocycles. The van der Waals surface area contributed by atoms with E-state index in [0.29, 0.717) is 21.8 Å². The molecule has 0 unspecified atom stereocenters. The highest BCUT2D eigenvalue weighted by Gasteiger charge is 2.14. The molecule has 0 aliphatic carbocycles. The summed E-state index contributed by atoms with van der Waals surface area (Å²) in [7, 11) is 1.63. The van der Waals surface area contributed by atoms with E-state index in [2.05, 4.69) is 10.3 Å². The van der Waals surface area contributed by atoms with Gasteiger partial charge >= 0.3 is 0 Å². The topological polar surface area (TPSA) is 72.8 Å². The number of anilines is 2. The first-order chi connectivity index (χ1) is 15.2. The van der Waals surface area contributed by atoms with E-state index >= 15 is 0 Å². The number of thiazole rings is 1. The molecule has 3 heterocycles. The Kier molecular flexibility index (Phi) is 5.19. The van der Waals surface area contributed by atoms with Crippen LogP contribution in [0.2, 0.25) is 5.02 Å². The van der Waals surface area contributed by atoms with Crippen molar-refractivity contribution in [3.63, 3.8) is 0 Å². The Morgan fingerprint density at radius 2 is 1.90 bits per heavy atom. The van der Waals surface area contributed by atoms with Crippen LogP contribution in [0.1, 0.15) is 0 Å². The van der Waals surface area contributed by atoms with Crippen molar-refractivity contribution in [3.8, 4) is 28.4 Å². The van der Waals surface area contributed by atoms with Gasteiger partial charge in [0.2, 0.25) is 0 Å². The number of hydrogen-bond donors (Lipinski definition) is 1. The number of halogens is 1. The summed E-state index contributed by atoms with van der Waals surface area (Å²) in [6.07, 6.45) is 3.47. The van der Waals surface area contributed by atoms with Crippen molar-refractivity contribution in [1.29, 1.82) is 0 Å². The lowest BCUT2D eigenvalue weighted by Gasteiger charge is -2.10. The van der Waals surface area contributed by atoms with Crippen molar-refractivity contribution in [2.75, 3.05) is 12.4 Å². The molecule has 6 nitrogen and oxygen atoms in total. The molecule has 0 spiro atoms. The van der Waals surface area contributed by atoms with E-state index in [-0.39, 0.29) is 0 Å². The zero-order valence-electron chi connectivity index (χ0n) is 16.4. The average Bonchev–Trinajstić information content (AvgIpc) is 3.28.